The van der Waals surface area contributed by atoms with E-state index in [9.17, 15) is 4.79 Å². The first-order valence-electron chi connectivity index (χ1n) is 12.0. The molecule has 1 unspecified atom stereocenters. The first kappa shape index (κ1) is 23.9. The average molecular weight is 452 g/mol. The van der Waals surface area contributed by atoms with Crippen LogP contribution in [0, 0.1) is 5.92 Å². The lowest BCUT2D eigenvalue weighted by Crippen LogP contribution is -2.46. The fourth-order valence-corrected chi connectivity index (χ4v) is 5.13. The minimum Gasteiger partial charge on any atom is -0.460 e. The predicted molar refractivity (Wildman–Crippen MR) is 129 cm³/mol. The molecule has 4 rings (SSSR count). The molecule has 2 aliphatic heterocycles. The van der Waals surface area contributed by atoms with Gasteiger partial charge in [-0.15, -0.1) is 0 Å². The third kappa shape index (κ3) is 5.65. The van der Waals surface area contributed by atoms with Crippen LogP contribution < -0.4 is 0 Å². The molecule has 2 heterocycles. The van der Waals surface area contributed by atoms with E-state index in [1.807, 2.05) is 32.9 Å². The van der Waals surface area contributed by atoms with Crippen LogP contribution in [0.2, 0.25) is 0 Å². The molecule has 0 amide bonds. The standard InChI is InChI=1S/C28H37NO4/c1-27(2,3)33-26(30)24(17-21-9-5-6-10-22(21)19-31-4)18-29-15-13-28(14-16-29)25-12-8-7-11-23(25)20-32-28/h5-12,24H,13-20H2,1-4H3. The van der Waals surface area contributed by atoms with Gasteiger partial charge in [-0.2, -0.15) is 0 Å². The predicted octanol–water partition coefficient (Wildman–Crippen LogP) is 4.85. The highest BCUT2D eigenvalue weighted by Crippen LogP contribution is 2.44. The van der Waals surface area contributed by atoms with Crippen LogP contribution in [0.3, 0.4) is 0 Å². The van der Waals surface area contributed by atoms with Crippen molar-refractivity contribution in [1.82, 2.24) is 4.90 Å². The number of fused-ring (bicyclic) bond motifs is 2. The third-order valence-corrected chi connectivity index (χ3v) is 6.78. The number of hydrogen-bond donors (Lipinski definition) is 0. The smallest absolute Gasteiger partial charge is 0.311 e. The van der Waals surface area contributed by atoms with Crippen LogP contribution in [0.15, 0.2) is 48.5 Å². The van der Waals surface area contributed by atoms with Gasteiger partial charge < -0.3 is 19.1 Å². The van der Waals surface area contributed by atoms with Gasteiger partial charge in [0.15, 0.2) is 0 Å². The number of likely N-dealkylation sites (tertiary alicyclic amines) is 1. The minimum atomic E-state index is -0.505. The van der Waals surface area contributed by atoms with Crippen LogP contribution in [0.4, 0.5) is 0 Å². The molecule has 0 N–H and O–H groups in total. The van der Waals surface area contributed by atoms with Crippen molar-refractivity contribution < 1.29 is 19.0 Å². The van der Waals surface area contributed by atoms with Crippen molar-refractivity contribution in [3.8, 4) is 0 Å². The second kappa shape index (κ2) is 9.96. The number of nitrogens with zero attached hydrogens (tertiary/aromatic N) is 1. The van der Waals surface area contributed by atoms with E-state index < -0.39 is 5.60 Å². The Labute approximate surface area is 198 Å². The van der Waals surface area contributed by atoms with E-state index in [4.69, 9.17) is 14.2 Å². The van der Waals surface area contributed by atoms with Crippen LogP contribution in [-0.2, 0) is 44.2 Å². The molecule has 5 nitrogen and oxygen atoms in total. The number of ether oxygens (including phenoxy) is 3. The van der Waals surface area contributed by atoms with Crippen LogP contribution in [0.1, 0.15) is 55.9 Å². The number of carbonyl (C=O) groups is 1. The largest absolute Gasteiger partial charge is 0.460 e. The van der Waals surface area contributed by atoms with E-state index in [2.05, 4.69) is 41.3 Å². The minimum absolute atomic E-state index is 0.127. The Balaban J connectivity index is 1.47. The van der Waals surface area contributed by atoms with Crippen LogP contribution in [-0.4, -0.2) is 43.2 Å². The molecule has 33 heavy (non-hydrogen) atoms. The average Bonchev–Trinajstić information content (AvgIpc) is 3.13. The van der Waals surface area contributed by atoms with Crippen molar-refractivity contribution in [2.75, 3.05) is 26.7 Å². The summed E-state index contributed by atoms with van der Waals surface area (Å²) in [5.74, 6) is -0.356. The number of rotatable bonds is 7. The zero-order valence-corrected chi connectivity index (χ0v) is 20.4. The molecule has 1 atom stereocenters. The van der Waals surface area contributed by atoms with Gasteiger partial charge in [0.2, 0.25) is 0 Å². The Kier molecular flexibility index (Phi) is 7.22. The summed E-state index contributed by atoms with van der Waals surface area (Å²) in [6.45, 7) is 9.54. The van der Waals surface area contributed by atoms with E-state index in [-0.39, 0.29) is 17.5 Å². The molecule has 0 aliphatic carbocycles. The summed E-state index contributed by atoms with van der Waals surface area (Å²) in [6.07, 6.45) is 2.55. The number of piperidine rings is 1. The maximum absolute atomic E-state index is 13.2. The van der Waals surface area contributed by atoms with Gasteiger partial charge in [-0.25, -0.2) is 0 Å². The summed E-state index contributed by atoms with van der Waals surface area (Å²) in [5.41, 5.74) is 4.27. The first-order chi connectivity index (χ1) is 15.8. The van der Waals surface area contributed by atoms with Crippen molar-refractivity contribution in [1.29, 1.82) is 0 Å². The summed E-state index contributed by atoms with van der Waals surface area (Å²) < 4.78 is 17.5. The van der Waals surface area contributed by atoms with Crippen molar-refractivity contribution >= 4 is 5.97 Å². The summed E-state index contributed by atoms with van der Waals surface area (Å²) >= 11 is 0. The van der Waals surface area contributed by atoms with Crippen molar-refractivity contribution in [3.05, 3.63) is 70.8 Å². The molecule has 1 saturated heterocycles. The summed E-state index contributed by atoms with van der Waals surface area (Å²) in [5, 5.41) is 0. The Morgan fingerprint density at radius 1 is 1.06 bits per heavy atom. The molecule has 178 valence electrons. The molecule has 1 spiro atoms. The third-order valence-electron chi connectivity index (χ3n) is 6.78. The van der Waals surface area contributed by atoms with Gasteiger partial charge in [-0.1, -0.05) is 48.5 Å². The molecule has 0 radical (unpaired) electrons. The zero-order chi connectivity index (χ0) is 23.5. The molecular formula is C28H37NO4. The maximum atomic E-state index is 13.2. The molecule has 2 aromatic carbocycles. The Morgan fingerprint density at radius 3 is 2.42 bits per heavy atom. The van der Waals surface area contributed by atoms with E-state index in [0.717, 1.165) is 37.1 Å². The van der Waals surface area contributed by atoms with Crippen LogP contribution in [0.25, 0.3) is 0 Å². The monoisotopic (exact) mass is 451 g/mol. The summed E-state index contributed by atoms with van der Waals surface area (Å²) in [6, 6.07) is 16.8. The Bertz CT molecular complexity index is 956. The van der Waals surface area contributed by atoms with Gasteiger partial charge in [-0.3, -0.25) is 4.79 Å². The SMILES string of the molecule is COCc1ccccc1CC(CN1CCC2(CC1)OCc1ccccc12)C(=O)OC(C)(C)C. The molecule has 2 aliphatic rings. The van der Waals surface area contributed by atoms with E-state index in [1.165, 1.54) is 11.1 Å². The van der Waals surface area contributed by atoms with Crippen LogP contribution >= 0.6 is 0 Å². The van der Waals surface area contributed by atoms with Gasteiger partial charge >= 0.3 is 5.97 Å². The molecule has 0 aromatic heterocycles. The van der Waals surface area contributed by atoms with Gasteiger partial charge in [-0.05, 0) is 62.3 Å². The first-order valence-corrected chi connectivity index (χ1v) is 12.0. The topological polar surface area (TPSA) is 48.0 Å². The van der Waals surface area contributed by atoms with Gasteiger partial charge in [0.25, 0.3) is 0 Å². The number of carbonyl (C=O) groups excluding carboxylic acids is 1. The van der Waals surface area contributed by atoms with Crippen molar-refractivity contribution in [2.45, 2.75) is 64.4 Å². The number of benzene rings is 2. The lowest BCUT2D eigenvalue weighted by atomic mass is 9.83. The number of esters is 1. The molecule has 1 fully saturated rings. The zero-order valence-electron chi connectivity index (χ0n) is 20.4. The molecular weight excluding hydrogens is 414 g/mol. The number of methoxy groups -OCH3 is 1. The van der Waals surface area contributed by atoms with Gasteiger partial charge in [0, 0.05) is 26.7 Å². The summed E-state index contributed by atoms with van der Waals surface area (Å²) in [4.78, 5) is 15.6. The van der Waals surface area contributed by atoms with E-state index >= 15 is 0 Å². The lowest BCUT2D eigenvalue weighted by molar-refractivity contribution is -0.161. The Hall–Kier alpha value is -2.21. The fraction of sp³-hybridized carbons (Fsp3) is 0.536. The van der Waals surface area contributed by atoms with E-state index in [0.29, 0.717) is 26.2 Å². The Morgan fingerprint density at radius 2 is 1.73 bits per heavy atom. The van der Waals surface area contributed by atoms with Crippen molar-refractivity contribution in [3.63, 3.8) is 0 Å². The van der Waals surface area contributed by atoms with Gasteiger partial charge in [0.05, 0.1) is 24.7 Å². The second-order valence-corrected chi connectivity index (χ2v) is 10.4. The summed E-state index contributed by atoms with van der Waals surface area (Å²) in [7, 11) is 1.70. The maximum Gasteiger partial charge on any atom is 0.311 e. The second-order valence-electron chi connectivity index (χ2n) is 10.4. The lowest BCUT2D eigenvalue weighted by Gasteiger charge is -2.40. The van der Waals surface area contributed by atoms with E-state index in [1.54, 1.807) is 7.11 Å². The molecule has 0 bridgehead atoms. The highest BCUT2D eigenvalue weighted by Gasteiger charge is 2.43. The molecule has 5 heteroatoms. The highest BCUT2D eigenvalue weighted by molar-refractivity contribution is 5.73. The van der Waals surface area contributed by atoms with Crippen LogP contribution in [0.5, 0.6) is 0 Å². The molecule has 0 saturated carbocycles. The number of hydrogen-bond acceptors (Lipinski definition) is 5. The normalized spacial score (nSPS) is 18.8. The van der Waals surface area contributed by atoms with Crippen molar-refractivity contribution in [2.24, 2.45) is 5.92 Å². The fourth-order valence-electron chi connectivity index (χ4n) is 5.13. The molecule has 2 aromatic rings. The quantitative estimate of drug-likeness (QED) is 0.563. The highest BCUT2D eigenvalue weighted by atomic mass is 16.6. The van der Waals surface area contributed by atoms with Gasteiger partial charge in [0.1, 0.15) is 5.60 Å².